The number of nitrogens with zero attached hydrogens (tertiary/aromatic N) is 2. The first-order chi connectivity index (χ1) is 8.45. The molecule has 81 valence electrons. The normalized spacial score (nSPS) is 13.9. The third-order valence-corrected chi connectivity index (χ3v) is 2.59. The summed E-state index contributed by atoms with van der Waals surface area (Å²) in [6.45, 7) is 0. The molecule has 3 rings (SSSR count). The predicted octanol–water partition coefficient (Wildman–Crippen LogP) is 2.42. The van der Waals surface area contributed by atoms with Crippen LogP contribution < -0.4 is 4.81 Å². The van der Waals surface area contributed by atoms with Crippen LogP contribution in [-0.2, 0) is 4.76 Å². The van der Waals surface area contributed by atoms with Gasteiger partial charge in [-0.3, -0.25) is 0 Å². The van der Waals surface area contributed by atoms with Crippen LogP contribution in [0.2, 0.25) is 0 Å². The molecule has 1 radical (unpaired) electrons. The topological polar surface area (TPSA) is 24.8 Å². The van der Waals surface area contributed by atoms with E-state index in [2.05, 4.69) is 5.16 Å². The SMILES string of the molecule is [B]1ON=C(c2ccccc2)N1c1ccccc1. The molecule has 0 aliphatic carbocycles. The molecular weight excluding hydrogens is 211 g/mol. The highest BCUT2D eigenvalue weighted by molar-refractivity contribution is 6.47. The number of para-hydroxylation sites is 1. The minimum absolute atomic E-state index is 0.803. The van der Waals surface area contributed by atoms with E-state index in [1.807, 2.05) is 65.5 Å². The molecule has 0 saturated heterocycles. The highest BCUT2D eigenvalue weighted by Gasteiger charge is 2.24. The minimum atomic E-state index is 0.803. The molecule has 0 unspecified atom stereocenters. The van der Waals surface area contributed by atoms with Crippen molar-refractivity contribution in [2.24, 2.45) is 5.16 Å². The molecule has 0 saturated carbocycles. The summed E-state index contributed by atoms with van der Waals surface area (Å²) in [5.74, 6) is 0.803. The maximum atomic E-state index is 5.07. The lowest BCUT2D eigenvalue weighted by Crippen LogP contribution is -2.30. The molecule has 1 aliphatic rings. The van der Waals surface area contributed by atoms with Crippen molar-refractivity contribution in [3.63, 3.8) is 0 Å². The molecule has 2 aromatic rings. The molecule has 17 heavy (non-hydrogen) atoms. The van der Waals surface area contributed by atoms with Crippen molar-refractivity contribution in [2.75, 3.05) is 4.81 Å². The first kappa shape index (κ1) is 9.96. The van der Waals surface area contributed by atoms with Crippen LogP contribution in [0.5, 0.6) is 0 Å². The van der Waals surface area contributed by atoms with Crippen LogP contribution >= 0.6 is 0 Å². The van der Waals surface area contributed by atoms with E-state index in [9.17, 15) is 0 Å². The number of hydrogen-bond donors (Lipinski definition) is 0. The Hall–Kier alpha value is -2.23. The van der Waals surface area contributed by atoms with Gasteiger partial charge in [0.2, 0.25) is 0 Å². The van der Waals surface area contributed by atoms with Crippen LogP contribution in [0, 0.1) is 0 Å². The average Bonchev–Trinajstić information content (AvgIpc) is 2.90. The van der Waals surface area contributed by atoms with Gasteiger partial charge < -0.3 is 9.57 Å². The van der Waals surface area contributed by atoms with Gasteiger partial charge in [0.05, 0.1) is 0 Å². The van der Waals surface area contributed by atoms with E-state index in [4.69, 9.17) is 4.76 Å². The van der Waals surface area contributed by atoms with E-state index in [-0.39, 0.29) is 0 Å². The Morgan fingerprint density at radius 2 is 1.53 bits per heavy atom. The molecule has 1 heterocycles. The average molecular weight is 221 g/mol. The summed E-state index contributed by atoms with van der Waals surface area (Å²) >= 11 is 0. The second-order valence-electron chi connectivity index (χ2n) is 3.70. The van der Waals surface area contributed by atoms with E-state index in [0.29, 0.717) is 0 Å². The van der Waals surface area contributed by atoms with Crippen molar-refractivity contribution >= 4 is 19.1 Å². The van der Waals surface area contributed by atoms with Crippen molar-refractivity contribution < 1.29 is 4.76 Å². The standard InChI is InChI=1S/C13H10BN2O/c1-3-7-11(8-4-1)13-15-17-14-16(13)12-9-5-2-6-10-12/h1-10H. The summed E-state index contributed by atoms with van der Waals surface area (Å²) in [6, 6.07) is 20.0. The summed E-state index contributed by atoms with van der Waals surface area (Å²) in [7, 11) is 1.61. The lowest BCUT2D eigenvalue weighted by Gasteiger charge is -2.16. The van der Waals surface area contributed by atoms with Crippen LogP contribution in [0.1, 0.15) is 5.56 Å². The molecule has 0 atom stereocenters. The minimum Gasteiger partial charge on any atom is -0.438 e. The van der Waals surface area contributed by atoms with Gasteiger partial charge in [0.25, 0.3) is 0 Å². The molecular formula is C13H10BN2O. The van der Waals surface area contributed by atoms with Gasteiger partial charge in [-0.25, -0.2) is 0 Å². The Morgan fingerprint density at radius 3 is 2.24 bits per heavy atom. The number of anilines is 1. The van der Waals surface area contributed by atoms with Crippen LogP contribution in [0.25, 0.3) is 0 Å². The lowest BCUT2D eigenvalue weighted by molar-refractivity contribution is 0.376. The first-order valence-corrected chi connectivity index (χ1v) is 5.42. The molecule has 0 amide bonds. The monoisotopic (exact) mass is 221 g/mol. The van der Waals surface area contributed by atoms with E-state index in [0.717, 1.165) is 17.1 Å². The number of benzene rings is 2. The van der Waals surface area contributed by atoms with E-state index < -0.39 is 0 Å². The molecule has 0 bridgehead atoms. The van der Waals surface area contributed by atoms with Gasteiger partial charge in [-0.1, -0.05) is 53.7 Å². The molecule has 2 aromatic carbocycles. The number of amidine groups is 1. The zero-order valence-electron chi connectivity index (χ0n) is 9.15. The van der Waals surface area contributed by atoms with Crippen LogP contribution in [0.4, 0.5) is 5.69 Å². The molecule has 0 fully saturated rings. The van der Waals surface area contributed by atoms with Crippen LogP contribution in [-0.4, -0.2) is 13.5 Å². The van der Waals surface area contributed by atoms with Gasteiger partial charge in [-0.15, -0.1) is 0 Å². The van der Waals surface area contributed by atoms with E-state index >= 15 is 0 Å². The molecule has 4 heteroatoms. The van der Waals surface area contributed by atoms with Gasteiger partial charge in [0.15, 0.2) is 5.84 Å². The Morgan fingerprint density at radius 1 is 0.882 bits per heavy atom. The third kappa shape index (κ3) is 1.89. The summed E-state index contributed by atoms with van der Waals surface area (Å²) < 4.78 is 5.07. The lowest BCUT2D eigenvalue weighted by atomic mass is 10.1. The van der Waals surface area contributed by atoms with Gasteiger partial charge in [-0.2, -0.15) is 0 Å². The molecule has 0 N–H and O–H groups in total. The quantitative estimate of drug-likeness (QED) is 0.727. The first-order valence-electron chi connectivity index (χ1n) is 5.42. The van der Waals surface area contributed by atoms with Crippen molar-refractivity contribution in [3.05, 3.63) is 66.2 Å². The van der Waals surface area contributed by atoms with E-state index in [1.165, 1.54) is 0 Å². The van der Waals surface area contributed by atoms with Gasteiger partial charge in [-0.05, 0) is 12.1 Å². The Bertz CT molecular complexity index is 528. The zero-order chi connectivity index (χ0) is 11.5. The van der Waals surface area contributed by atoms with Crippen LogP contribution in [0.3, 0.4) is 0 Å². The molecule has 0 spiro atoms. The zero-order valence-corrected chi connectivity index (χ0v) is 9.15. The summed E-state index contributed by atoms with van der Waals surface area (Å²) in [4.78, 5) is 1.93. The largest absolute Gasteiger partial charge is 0.555 e. The fourth-order valence-electron chi connectivity index (χ4n) is 1.77. The second-order valence-corrected chi connectivity index (χ2v) is 3.70. The Labute approximate surface area is 101 Å². The summed E-state index contributed by atoms with van der Waals surface area (Å²) in [5, 5.41) is 4.05. The highest BCUT2D eigenvalue weighted by Crippen LogP contribution is 2.19. The third-order valence-electron chi connectivity index (χ3n) is 2.59. The number of hydrogen-bond acceptors (Lipinski definition) is 3. The number of rotatable bonds is 2. The molecule has 3 nitrogen and oxygen atoms in total. The molecule has 1 aliphatic heterocycles. The maximum absolute atomic E-state index is 5.07. The molecule has 0 aromatic heterocycles. The fourth-order valence-corrected chi connectivity index (χ4v) is 1.77. The Kier molecular flexibility index (Phi) is 2.54. The van der Waals surface area contributed by atoms with Crippen molar-refractivity contribution in [1.29, 1.82) is 0 Å². The number of oxime groups is 1. The summed E-state index contributed by atoms with van der Waals surface area (Å²) in [5.41, 5.74) is 2.07. The summed E-state index contributed by atoms with van der Waals surface area (Å²) in [6.07, 6.45) is 0. The van der Waals surface area contributed by atoms with Gasteiger partial charge in [0.1, 0.15) is 0 Å². The highest BCUT2D eigenvalue weighted by atomic mass is 16.6. The van der Waals surface area contributed by atoms with Gasteiger partial charge >= 0.3 is 7.62 Å². The Balaban J connectivity index is 1.96. The van der Waals surface area contributed by atoms with Crippen molar-refractivity contribution in [2.45, 2.75) is 0 Å². The van der Waals surface area contributed by atoms with E-state index in [1.54, 1.807) is 7.62 Å². The van der Waals surface area contributed by atoms with Crippen molar-refractivity contribution in [1.82, 2.24) is 0 Å². The van der Waals surface area contributed by atoms with Gasteiger partial charge in [0, 0.05) is 11.3 Å². The fraction of sp³-hybridized carbons (Fsp3) is 0. The smallest absolute Gasteiger partial charge is 0.438 e. The predicted molar refractivity (Wildman–Crippen MR) is 68.7 cm³/mol. The maximum Gasteiger partial charge on any atom is 0.555 e. The van der Waals surface area contributed by atoms with Crippen molar-refractivity contribution in [3.8, 4) is 0 Å². The second kappa shape index (κ2) is 4.33. The van der Waals surface area contributed by atoms with Crippen LogP contribution in [0.15, 0.2) is 65.8 Å².